The van der Waals surface area contributed by atoms with Gasteiger partial charge in [-0.3, -0.25) is 0 Å². The molecule has 2 aromatic heterocycles. The van der Waals surface area contributed by atoms with Crippen molar-refractivity contribution in [2.75, 3.05) is 11.5 Å². The van der Waals surface area contributed by atoms with Crippen LogP contribution in [0.15, 0.2) is 30.6 Å². The highest BCUT2D eigenvalue weighted by atomic mass is 15.2. The monoisotopic (exact) mass is 282 g/mol. The van der Waals surface area contributed by atoms with Gasteiger partial charge in [0.1, 0.15) is 5.52 Å². The van der Waals surface area contributed by atoms with Gasteiger partial charge in [-0.05, 0) is 24.0 Å². The molecule has 0 atom stereocenters. The molecule has 3 aromatic rings. The van der Waals surface area contributed by atoms with Gasteiger partial charge < -0.3 is 16.0 Å². The first-order valence-corrected chi connectivity index (χ1v) is 6.99. The molecule has 0 spiro atoms. The molecule has 0 aliphatic heterocycles. The maximum Gasteiger partial charge on any atom is 0.224 e. The van der Waals surface area contributed by atoms with Gasteiger partial charge in [0.05, 0.1) is 6.33 Å². The van der Waals surface area contributed by atoms with Crippen molar-refractivity contribution in [2.24, 2.45) is 0 Å². The average Bonchev–Trinajstić information content (AvgIpc) is 2.88. The molecule has 1 aromatic carbocycles. The highest BCUT2D eigenvalue weighted by molar-refractivity contribution is 5.82. The standard InChI is InChI=1S/C15H18N6/c1-2-10-5-3-4-6-11(10)7-8-21-9-18-12-13(16)19-15(17)20-14(12)21/h3-6,9H,2,7-8H2,1H3,(H4,16,17,19,20). The minimum absolute atomic E-state index is 0.177. The summed E-state index contributed by atoms with van der Waals surface area (Å²) in [4.78, 5) is 12.4. The smallest absolute Gasteiger partial charge is 0.224 e. The van der Waals surface area contributed by atoms with Crippen molar-refractivity contribution in [1.29, 1.82) is 0 Å². The summed E-state index contributed by atoms with van der Waals surface area (Å²) in [6.45, 7) is 2.95. The topological polar surface area (TPSA) is 95.6 Å². The molecule has 0 bridgehead atoms. The van der Waals surface area contributed by atoms with E-state index < -0.39 is 0 Å². The van der Waals surface area contributed by atoms with E-state index >= 15 is 0 Å². The molecule has 0 amide bonds. The molecule has 0 saturated heterocycles. The van der Waals surface area contributed by atoms with E-state index in [2.05, 4.69) is 46.1 Å². The molecule has 3 rings (SSSR count). The Morgan fingerprint density at radius 2 is 1.86 bits per heavy atom. The van der Waals surface area contributed by atoms with E-state index in [1.807, 2.05) is 4.57 Å². The molecule has 6 heteroatoms. The molecule has 0 radical (unpaired) electrons. The summed E-state index contributed by atoms with van der Waals surface area (Å²) in [5, 5.41) is 0. The number of benzene rings is 1. The van der Waals surface area contributed by atoms with Crippen molar-refractivity contribution < 1.29 is 0 Å². The number of rotatable bonds is 4. The van der Waals surface area contributed by atoms with Crippen molar-refractivity contribution in [3.05, 3.63) is 41.7 Å². The Balaban J connectivity index is 1.89. The fraction of sp³-hybridized carbons (Fsp3) is 0.267. The number of hydrogen-bond donors (Lipinski definition) is 2. The number of imidazole rings is 1. The van der Waals surface area contributed by atoms with Gasteiger partial charge in [0.25, 0.3) is 0 Å². The lowest BCUT2D eigenvalue weighted by atomic mass is 10.0. The van der Waals surface area contributed by atoms with Crippen LogP contribution < -0.4 is 11.5 Å². The van der Waals surface area contributed by atoms with Crippen LogP contribution in [0.2, 0.25) is 0 Å². The van der Waals surface area contributed by atoms with Gasteiger partial charge in [0, 0.05) is 6.54 Å². The number of nitrogens with zero attached hydrogens (tertiary/aromatic N) is 4. The van der Waals surface area contributed by atoms with Crippen LogP contribution in [0.1, 0.15) is 18.1 Å². The Bertz CT molecular complexity index is 777. The minimum atomic E-state index is 0.177. The Kier molecular flexibility index (Phi) is 3.43. The van der Waals surface area contributed by atoms with E-state index in [1.54, 1.807) is 6.33 Å². The summed E-state index contributed by atoms with van der Waals surface area (Å²) in [5.74, 6) is 0.501. The summed E-state index contributed by atoms with van der Waals surface area (Å²) in [5.41, 5.74) is 15.5. The minimum Gasteiger partial charge on any atom is -0.382 e. The number of nitrogens with two attached hydrogens (primary N) is 2. The first kappa shape index (κ1) is 13.4. The zero-order valence-corrected chi connectivity index (χ0v) is 12.0. The summed E-state index contributed by atoms with van der Waals surface area (Å²) < 4.78 is 1.97. The van der Waals surface area contributed by atoms with E-state index in [0.29, 0.717) is 17.0 Å². The molecule has 2 heterocycles. The highest BCUT2D eigenvalue weighted by Crippen LogP contribution is 2.18. The lowest BCUT2D eigenvalue weighted by molar-refractivity contribution is 0.705. The Morgan fingerprint density at radius 3 is 2.62 bits per heavy atom. The van der Waals surface area contributed by atoms with Crippen molar-refractivity contribution in [2.45, 2.75) is 26.3 Å². The zero-order chi connectivity index (χ0) is 14.8. The van der Waals surface area contributed by atoms with Gasteiger partial charge in [-0.2, -0.15) is 9.97 Å². The van der Waals surface area contributed by atoms with Crippen LogP contribution in [0.25, 0.3) is 11.2 Å². The lowest BCUT2D eigenvalue weighted by Crippen LogP contribution is -2.05. The van der Waals surface area contributed by atoms with Gasteiger partial charge in [0.2, 0.25) is 5.95 Å². The molecule has 0 unspecified atom stereocenters. The maximum atomic E-state index is 5.82. The molecule has 0 aliphatic rings. The Morgan fingerprint density at radius 1 is 1.10 bits per heavy atom. The number of anilines is 2. The average molecular weight is 282 g/mol. The van der Waals surface area contributed by atoms with Crippen LogP contribution in [0.4, 0.5) is 11.8 Å². The molecule has 0 fully saturated rings. The molecule has 6 nitrogen and oxygen atoms in total. The maximum absolute atomic E-state index is 5.82. The predicted molar refractivity (Wildman–Crippen MR) is 83.7 cm³/mol. The highest BCUT2D eigenvalue weighted by Gasteiger charge is 2.10. The van der Waals surface area contributed by atoms with E-state index in [-0.39, 0.29) is 5.95 Å². The molecular weight excluding hydrogens is 264 g/mol. The first-order valence-electron chi connectivity index (χ1n) is 6.99. The molecule has 108 valence electrons. The molecule has 0 saturated carbocycles. The fourth-order valence-corrected chi connectivity index (χ4v) is 2.53. The largest absolute Gasteiger partial charge is 0.382 e. The number of hydrogen-bond acceptors (Lipinski definition) is 5. The third kappa shape index (κ3) is 2.52. The quantitative estimate of drug-likeness (QED) is 0.760. The van der Waals surface area contributed by atoms with E-state index in [4.69, 9.17) is 11.5 Å². The van der Waals surface area contributed by atoms with Crippen LogP contribution in [0.5, 0.6) is 0 Å². The fourth-order valence-electron chi connectivity index (χ4n) is 2.53. The predicted octanol–water partition coefficient (Wildman–Crippen LogP) is 1.80. The number of nitrogen functional groups attached to an aromatic ring is 2. The third-order valence-corrected chi connectivity index (χ3v) is 3.63. The van der Waals surface area contributed by atoms with Crippen molar-refractivity contribution in [1.82, 2.24) is 19.5 Å². The van der Waals surface area contributed by atoms with Gasteiger partial charge >= 0.3 is 0 Å². The van der Waals surface area contributed by atoms with Crippen molar-refractivity contribution >= 4 is 22.9 Å². The summed E-state index contributed by atoms with van der Waals surface area (Å²) >= 11 is 0. The summed E-state index contributed by atoms with van der Waals surface area (Å²) in [6.07, 6.45) is 3.69. The Hall–Kier alpha value is -2.63. The second-order valence-corrected chi connectivity index (χ2v) is 4.95. The molecule has 0 aliphatic carbocycles. The Labute approximate surface area is 122 Å². The first-order chi connectivity index (χ1) is 10.2. The molecule has 21 heavy (non-hydrogen) atoms. The lowest BCUT2D eigenvalue weighted by Gasteiger charge is -2.08. The second kappa shape index (κ2) is 5.40. The molecular formula is C15H18N6. The third-order valence-electron chi connectivity index (χ3n) is 3.63. The van der Waals surface area contributed by atoms with Crippen molar-refractivity contribution in [3.8, 4) is 0 Å². The van der Waals surface area contributed by atoms with Gasteiger partial charge in [-0.25, -0.2) is 4.98 Å². The van der Waals surface area contributed by atoms with E-state index in [0.717, 1.165) is 19.4 Å². The normalized spacial score (nSPS) is 11.1. The number of aryl methyl sites for hydroxylation is 3. The van der Waals surface area contributed by atoms with Crippen LogP contribution in [0.3, 0.4) is 0 Å². The van der Waals surface area contributed by atoms with Gasteiger partial charge in [-0.1, -0.05) is 31.2 Å². The number of fused-ring (bicyclic) bond motifs is 1. The molecule has 4 N–H and O–H groups in total. The van der Waals surface area contributed by atoms with Crippen LogP contribution in [-0.4, -0.2) is 19.5 Å². The summed E-state index contributed by atoms with van der Waals surface area (Å²) in [6, 6.07) is 8.47. The van der Waals surface area contributed by atoms with Crippen molar-refractivity contribution in [3.63, 3.8) is 0 Å². The van der Waals surface area contributed by atoms with Gasteiger partial charge in [0.15, 0.2) is 11.5 Å². The number of aromatic nitrogens is 4. The zero-order valence-electron chi connectivity index (χ0n) is 12.0. The van der Waals surface area contributed by atoms with Crippen LogP contribution >= 0.6 is 0 Å². The van der Waals surface area contributed by atoms with E-state index in [1.165, 1.54) is 11.1 Å². The van der Waals surface area contributed by atoms with Gasteiger partial charge in [-0.15, -0.1) is 0 Å². The van der Waals surface area contributed by atoms with E-state index in [9.17, 15) is 0 Å². The SMILES string of the molecule is CCc1ccccc1CCn1cnc2c(N)nc(N)nc21. The second-order valence-electron chi connectivity index (χ2n) is 4.95. The summed E-state index contributed by atoms with van der Waals surface area (Å²) in [7, 11) is 0. The van der Waals surface area contributed by atoms with Crippen LogP contribution in [0, 0.1) is 0 Å². The van der Waals surface area contributed by atoms with Crippen LogP contribution in [-0.2, 0) is 19.4 Å².